The Morgan fingerprint density at radius 1 is 1.00 bits per heavy atom. The predicted octanol–water partition coefficient (Wildman–Crippen LogP) is 3.94. The Balaban J connectivity index is 1.82. The first-order valence-corrected chi connectivity index (χ1v) is 9.16. The molecule has 9 heteroatoms. The molecule has 1 amide bonds. The lowest BCUT2D eigenvalue weighted by molar-refractivity contribution is -0.137. The van der Waals surface area contributed by atoms with Crippen molar-refractivity contribution in [1.82, 2.24) is 4.90 Å². The molecule has 0 saturated carbocycles. The maximum Gasteiger partial charge on any atom is 0.416 e. The largest absolute Gasteiger partial charge is 0.496 e. The number of halogens is 3. The zero-order valence-corrected chi connectivity index (χ0v) is 16.8. The van der Waals surface area contributed by atoms with Crippen LogP contribution in [0.3, 0.4) is 0 Å². The molecule has 1 saturated heterocycles. The van der Waals surface area contributed by atoms with E-state index in [4.69, 9.17) is 18.9 Å². The molecule has 1 aliphatic heterocycles. The van der Waals surface area contributed by atoms with Crippen LogP contribution in [0, 0.1) is 0 Å². The number of ether oxygens (including phenoxy) is 4. The monoisotopic (exact) mass is 425 g/mol. The molecule has 0 N–H and O–H groups in total. The van der Waals surface area contributed by atoms with Crippen LogP contribution in [0.15, 0.2) is 36.4 Å². The SMILES string of the molecule is COc1cc(OC)c(C(=O)N2CCOC(c3ccc(C(F)(F)F)cc3)C2)cc1OC. The van der Waals surface area contributed by atoms with Crippen molar-refractivity contribution >= 4 is 5.91 Å². The molecular weight excluding hydrogens is 403 g/mol. The lowest BCUT2D eigenvalue weighted by Crippen LogP contribution is -2.42. The highest BCUT2D eigenvalue weighted by molar-refractivity contribution is 5.98. The minimum Gasteiger partial charge on any atom is -0.496 e. The summed E-state index contributed by atoms with van der Waals surface area (Å²) in [5.41, 5.74) is 0.132. The molecule has 1 unspecified atom stereocenters. The molecule has 1 aliphatic rings. The van der Waals surface area contributed by atoms with Crippen molar-refractivity contribution in [3.63, 3.8) is 0 Å². The maximum absolute atomic E-state index is 13.2. The van der Waals surface area contributed by atoms with Crippen molar-refractivity contribution in [3.8, 4) is 17.2 Å². The van der Waals surface area contributed by atoms with Gasteiger partial charge < -0.3 is 23.8 Å². The second-order valence-corrected chi connectivity index (χ2v) is 6.64. The van der Waals surface area contributed by atoms with E-state index in [1.165, 1.54) is 33.5 Å². The molecule has 1 fully saturated rings. The lowest BCUT2D eigenvalue weighted by Gasteiger charge is -2.33. The molecule has 0 spiro atoms. The zero-order chi connectivity index (χ0) is 21.9. The lowest BCUT2D eigenvalue weighted by atomic mass is 10.0. The summed E-state index contributed by atoms with van der Waals surface area (Å²) < 4.78 is 59.9. The molecule has 0 aromatic heterocycles. The van der Waals surface area contributed by atoms with Crippen LogP contribution in [0.5, 0.6) is 17.2 Å². The second-order valence-electron chi connectivity index (χ2n) is 6.64. The van der Waals surface area contributed by atoms with Crippen molar-refractivity contribution in [2.75, 3.05) is 41.0 Å². The quantitative estimate of drug-likeness (QED) is 0.726. The van der Waals surface area contributed by atoms with Gasteiger partial charge in [0.1, 0.15) is 11.9 Å². The molecular formula is C21H22F3NO5. The molecule has 162 valence electrons. The zero-order valence-electron chi connectivity index (χ0n) is 16.8. The van der Waals surface area contributed by atoms with Crippen molar-refractivity contribution < 1.29 is 36.9 Å². The van der Waals surface area contributed by atoms with Crippen LogP contribution in [-0.4, -0.2) is 51.8 Å². The molecule has 30 heavy (non-hydrogen) atoms. The number of carbonyl (C=O) groups is 1. The average Bonchev–Trinajstić information content (AvgIpc) is 2.77. The highest BCUT2D eigenvalue weighted by Gasteiger charge is 2.32. The van der Waals surface area contributed by atoms with Crippen LogP contribution in [0.4, 0.5) is 13.2 Å². The highest BCUT2D eigenvalue weighted by Crippen LogP contribution is 2.36. The van der Waals surface area contributed by atoms with Crippen LogP contribution in [0.1, 0.15) is 27.6 Å². The first-order chi connectivity index (χ1) is 14.3. The fraction of sp³-hybridized carbons (Fsp3) is 0.381. The van der Waals surface area contributed by atoms with Gasteiger partial charge in [0.15, 0.2) is 11.5 Å². The van der Waals surface area contributed by atoms with E-state index in [9.17, 15) is 18.0 Å². The fourth-order valence-corrected chi connectivity index (χ4v) is 3.29. The van der Waals surface area contributed by atoms with Crippen LogP contribution >= 0.6 is 0 Å². The van der Waals surface area contributed by atoms with Gasteiger partial charge in [0, 0.05) is 18.7 Å². The van der Waals surface area contributed by atoms with Gasteiger partial charge in [0.2, 0.25) is 0 Å². The van der Waals surface area contributed by atoms with Crippen LogP contribution in [0.2, 0.25) is 0 Å². The van der Waals surface area contributed by atoms with E-state index in [0.717, 1.165) is 12.1 Å². The predicted molar refractivity (Wildman–Crippen MR) is 102 cm³/mol. The number of alkyl halides is 3. The number of hydrogen-bond acceptors (Lipinski definition) is 5. The molecule has 3 rings (SSSR count). The van der Waals surface area contributed by atoms with E-state index in [2.05, 4.69) is 0 Å². The van der Waals surface area contributed by atoms with E-state index in [1.54, 1.807) is 17.0 Å². The topological polar surface area (TPSA) is 57.2 Å². The number of hydrogen-bond donors (Lipinski definition) is 0. The van der Waals surface area contributed by atoms with Crippen LogP contribution in [0.25, 0.3) is 0 Å². The Labute approximate surface area is 172 Å². The summed E-state index contributed by atoms with van der Waals surface area (Å²) in [5.74, 6) is 0.841. The number of rotatable bonds is 5. The van der Waals surface area contributed by atoms with Gasteiger partial charge in [0.25, 0.3) is 5.91 Å². The van der Waals surface area contributed by atoms with Gasteiger partial charge in [-0.3, -0.25) is 4.79 Å². The summed E-state index contributed by atoms with van der Waals surface area (Å²) in [6.07, 6.45) is -4.94. The third-order valence-electron chi connectivity index (χ3n) is 4.90. The summed E-state index contributed by atoms with van der Waals surface area (Å²) in [5, 5.41) is 0. The minimum atomic E-state index is -4.40. The second kappa shape index (κ2) is 8.83. The Bertz CT molecular complexity index is 899. The molecule has 1 atom stereocenters. The average molecular weight is 425 g/mol. The van der Waals surface area contributed by atoms with Gasteiger partial charge in [-0.15, -0.1) is 0 Å². The van der Waals surface area contributed by atoms with Crippen molar-refractivity contribution in [2.45, 2.75) is 12.3 Å². The summed E-state index contributed by atoms with van der Waals surface area (Å²) in [7, 11) is 4.39. The van der Waals surface area contributed by atoms with E-state index in [-0.39, 0.29) is 19.1 Å². The van der Waals surface area contributed by atoms with Gasteiger partial charge in [-0.2, -0.15) is 13.2 Å². The number of methoxy groups -OCH3 is 3. The molecule has 2 aromatic rings. The molecule has 1 heterocycles. The standard InChI is InChI=1S/C21H22F3NO5/c1-27-16-11-18(29-3)17(28-2)10-15(16)20(26)25-8-9-30-19(12-25)13-4-6-14(7-5-13)21(22,23)24/h4-7,10-11,19H,8-9,12H2,1-3H3. The number of benzene rings is 2. The summed E-state index contributed by atoms with van der Waals surface area (Å²) in [6.45, 7) is 0.794. The summed E-state index contributed by atoms with van der Waals surface area (Å²) >= 11 is 0. The molecule has 0 bridgehead atoms. The number of morpholine rings is 1. The van der Waals surface area contributed by atoms with Crippen LogP contribution in [-0.2, 0) is 10.9 Å². The van der Waals surface area contributed by atoms with Crippen molar-refractivity contribution in [3.05, 3.63) is 53.1 Å². The Morgan fingerprint density at radius 2 is 1.60 bits per heavy atom. The van der Waals surface area contributed by atoms with E-state index >= 15 is 0 Å². The van der Waals surface area contributed by atoms with Crippen LogP contribution < -0.4 is 14.2 Å². The van der Waals surface area contributed by atoms with Gasteiger partial charge in [-0.1, -0.05) is 12.1 Å². The van der Waals surface area contributed by atoms with Gasteiger partial charge in [0.05, 0.1) is 45.6 Å². The Hall–Kier alpha value is -2.94. The van der Waals surface area contributed by atoms with Crippen molar-refractivity contribution in [1.29, 1.82) is 0 Å². The van der Waals surface area contributed by atoms with E-state index in [0.29, 0.717) is 34.9 Å². The number of nitrogens with zero attached hydrogens (tertiary/aromatic N) is 1. The summed E-state index contributed by atoms with van der Waals surface area (Å²) in [6, 6.07) is 7.88. The number of amides is 1. The van der Waals surface area contributed by atoms with Crippen molar-refractivity contribution in [2.24, 2.45) is 0 Å². The minimum absolute atomic E-state index is 0.196. The van der Waals surface area contributed by atoms with E-state index < -0.39 is 17.8 Å². The molecule has 2 aromatic carbocycles. The Morgan fingerprint density at radius 3 is 2.17 bits per heavy atom. The third kappa shape index (κ3) is 4.46. The summed E-state index contributed by atoms with van der Waals surface area (Å²) in [4.78, 5) is 14.7. The molecule has 0 aliphatic carbocycles. The van der Waals surface area contributed by atoms with E-state index in [1.807, 2.05) is 0 Å². The first-order valence-electron chi connectivity index (χ1n) is 9.16. The smallest absolute Gasteiger partial charge is 0.416 e. The number of carbonyl (C=O) groups excluding carboxylic acids is 1. The normalized spacial score (nSPS) is 16.9. The van der Waals surface area contributed by atoms with Gasteiger partial charge >= 0.3 is 6.18 Å². The Kier molecular flexibility index (Phi) is 6.40. The fourth-order valence-electron chi connectivity index (χ4n) is 3.29. The van der Waals surface area contributed by atoms with Gasteiger partial charge in [-0.25, -0.2) is 0 Å². The molecule has 6 nitrogen and oxygen atoms in total. The first kappa shape index (κ1) is 21.8. The third-order valence-corrected chi connectivity index (χ3v) is 4.90. The van der Waals surface area contributed by atoms with Gasteiger partial charge in [-0.05, 0) is 17.7 Å². The highest BCUT2D eigenvalue weighted by atomic mass is 19.4. The maximum atomic E-state index is 13.2. The molecule has 0 radical (unpaired) electrons.